The number of aryl methyl sites for hydroxylation is 2. The molecule has 0 aliphatic rings. The first-order valence-corrected chi connectivity index (χ1v) is 5.90. The number of carboxylic acid groups (broad SMARTS) is 1. The van der Waals surface area contributed by atoms with Crippen molar-refractivity contribution < 1.29 is 19.1 Å². The molecule has 0 aliphatic carbocycles. The highest BCUT2D eigenvalue weighted by Crippen LogP contribution is 2.17. The Hall–Kier alpha value is -1.78. The third kappa shape index (κ3) is 3.35. The lowest BCUT2D eigenvalue weighted by Crippen LogP contribution is -2.40. The van der Waals surface area contributed by atoms with Crippen molar-refractivity contribution in [3.05, 3.63) is 23.2 Å². The summed E-state index contributed by atoms with van der Waals surface area (Å²) in [6, 6.07) is 1.60. The maximum Gasteiger partial charge on any atom is 0.257 e. The molecule has 0 fully saturated rings. The van der Waals surface area contributed by atoms with E-state index in [0.717, 1.165) is 0 Å². The second-order valence-electron chi connectivity index (χ2n) is 4.54. The van der Waals surface area contributed by atoms with Gasteiger partial charge in [-0.2, -0.15) is 0 Å². The van der Waals surface area contributed by atoms with Gasteiger partial charge in [0.1, 0.15) is 11.5 Å². The smallest absolute Gasteiger partial charge is 0.257 e. The Morgan fingerprint density at radius 2 is 2.00 bits per heavy atom. The maximum absolute atomic E-state index is 12.3. The maximum atomic E-state index is 12.3. The van der Waals surface area contributed by atoms with Gasteiger partial charge in [-0.05, 0) is 33.8 Å². The molecule has 1 rings (SSSR count). The Balaban J connectivity index is 2.89. The molecule has 100 valence electrons. The SMILES string of the molecule is Cc1cc(C(=O)N(CCC(=O)[O-])C(C)C)c(C)o1. The molecule has 0 spiro atoms. The zero-order valence-corrected chi connectivity index (χ0v) is 11.1. The Morgan fingerprint density at radius 3 is 2.39 bits per heavy atom. The molecule has 0 atom stereocenters. The lowest BCUT2D eigenvalue weighted by Gasteiger charge is -2.26. The summed E-state index contributed by atoms with van der Waals surface area (Å²) in [7, 11) is 0. The summed E-state index contributed by atoms with van der Waals surface area (Å²) in [6.07, 6.45) is -0.167. The summed E-state index contributed by atoms with van der Waals surface area (Å²) in [5.41, 5.74) is 0.486. The topological polar surface area (TPSA) is 73.6 Å². The molecule has 1 amide bonds. The van der Waals surface area contributed by atoms with Gasteiger partial charge in [0.2, 0.25) is 0 Å². The summed E-state index contributed by atoms with van der Waals surface area (Å²) >= 11 is 0. The van der Waals surface area contributed by atoms with Crippen molar-refractivity contribution in [3.63, 3.8) is 0 Å². The van der Waals surface area contributed by atoms with Crippen LogP contribution in [0.25, 0.3) is 0 Å². The summed E-state index contributed by atoms with van der Waals surface area (Å²) in [5.74, 6) is -0.148. The largest absolute Gasteiger partial charge is 0.550 e. The molecule has 5 nitrogen and oxygen atoms in total. The molecule has 1 aromatic heterocycles. The van der Waals surface area contributed by atoms with Gasteiger partial charge in [0, 0.05) is 25.0 Å². The van der Waals surface area contributed by atoms with Crippen LogP contribution in [0.15, 0.2) is 10.5 Å². The quantitative estimate of drug-likeness (QED) is 0.780. The molecule has 0 aliphatic heterocycles. The van der Waals surface area contributed by atoms with Crippen LogP contribution in [0.2, 0.25) is 0 Å². The summed E-state index contributed by atoms with van der Waals surface area (Å²) < 4.78 is 5.31. The van der Waals surface area contributed by atoms with Gasteiger partial charge in [-0.3, -0.25) is 4.79 Å². The van der Waals surface area contributed by atoms with Crippen molar-refractivity contribution in [2.75, 3.05) is 6.54 Å². The van der Waals surface area contributed by atoms with Crippen molar-refractivity contribution in [1.29, 1.82) is 0 Å². The number of nitrogens with zero attached hydrogens (tertiary/aromatic N) is 1. The van der Waals surface area contributed by atoms with Crippen LogP contribution in [0.1, 0.15) is 42.1 Å². The van der Waals surface area contributed by atoms with E-state index in [1.165, 1.54) is 4.90 Å². The summed E-state index contributed by atoms with van der Waals surface area (Å²) in [5, 5.41) is 10.5. The molecule has 0 saturated carbocycles. The van der Waals surface area contributed by atoms with E-state index in [0.29, 0.717) is 17.1 Å². The van der Waals surface area contributed by atoms with Gasteiger partial charge >= 0.3 is 0 Å². The number of amides is 1. The number of carbonyl (C=O) groups is 2. The standard InChI is InChI=1S/C13H19NO4/c1-8(2)14(6-5-12(15)16)13(17)11-7-9(3)18-10(11)4/h7-8H,5-6H2,1-4H3,(H,15,16)/p-1. The molecule has 1 aromatic rings. The molecule has 0 aromatic carbocycles. The zero-order chi connectivity index (χ0) is 13.9. The molecule has 1 heterocycles. The van der Waals surface area contributed by atoms with Crippen molar-refractivity contribution in [1.82, 2.24) is 4.90 Å². The van der Waals surface area contributed by atoms with E-state index in [4.69, 9.17) is 4.42 Å². The molecule has 0 saturated heterocycles. The van der Waals surface area contributed by atoms with Crippen molar-refractivity contribution in [2.45, 2.75) is 40.2 Å². The number of carbonyl (C=O) groups excluding carboxylic acids is 2. The summed E-state index contributed by atoms with van der Waals surface area (Å²) in [6.45, 7) is 7.32. The first-order chi connectivity index (χ1) is 8.32. The molecule has 0 radical (unpaired) electrons. The minimum Gasteiger partial charge on any atom is -0.550 e. The highest BCUT2D eigenvalue weighted by atomic mass is 16.4. The minimum absolute atomic E-state index is 0.0774. The van der Waals surface area contributed by atoms with Crippen LogP contribution in [0.4, 0.5) is 0 Å². The number of carboxylic acids is 1. The fourth-order valence-electron chi connectivity index (χ4n) is 1.80. The number of furan rings is 1. The fraction of sp³-hybridized carbons (Fsp3) is 0.538. The van der Waals surface area contributed by atoms with Crippen LogP contribution in [0.3, 0.4) is 0 Å². The van der Waals surface area contributed by atoms with Crippen LogP contribution < -0.4 is 5.11 Å². The number of aliphatic carboxylic acids is 1. The molecule has 0 bridgehead atoms. The normalized spacial score (nSPS) is 10.7. The van der Waals surface area contributed by atoms with E-state index >= 15 is 0 Å². The van der Waals surface area contributed by atoms with Gasteiger partial charge in [0.15, 0.2) is 0 Å². The predicted molar refractivity (Wildman–Crippen MR) is 64.0 cm³/mol. The van der Waals surface area contributed by atoms with Crippen LogP contribution in [0, 0.1) is 13.8 Å². The summed E-state index contributed by atoms with van der Waals surface area (Å²) in [4.78, 5) is 24.3. The molecule has 18 heavy (non-hydrogen) atoms. The monoisotopic (exact) mass is 252 g/mol. The van der Waals surface area contributed by atoms with E-state index in [1.54, 1.807) is 19.9 Å². The highest BCUT2D eigenvalue weighted by Gasteiger charge is 2.22. The van der Waals surface area contributed by atoms with Gasteiger partial charge in [-0.25, -0.2) is 0 Å². The fourth-order valence-corrected chi connectivity index (χ4v) is 1.80. The first-order valence-electron chi connectivity index (χ1n) is 5.90. The van der Waals surface area contributed by atoms with Crippen molar-refractivity contribution in [2.24, 2.45) is 0 Å². The molecular formula is C13H18NO4-. The number of rotatable bonds is 5. The lowest BCUT2D eigenvalue weighted by molar-refractivity contribution is -0.305. The van der Waals surface area contributed by atoms with Gasteiger partial charge in [0.25, 0.3) is 5.91 Å². The number of hydrogen-bond acceptors (Lipinski definition) is 4. The average molecular weight is 252 g/mol. The predicted octanol–water partition coefficient (Wildman–Crippen LogP) is 0.887. The average Bonchev–Trinajstić information content (AvgIpc) is 2.56. The number of hydrogen-bond donors (Lipinski definition) is 0. The third-order valence-electron chi connectivity index (χ3n) is 2.71. The van der Waals surface area contributed by atoms with E-state index in [1.807, 2.05) is 13.8 Å². The lowest BCUT2D eigenvalue weighted by atomic mass is 10.2. The highest BCUT2D eigenvalue weighted by molar-refractivity contribution is 5.95. The van der Waals surface area contributed by atoms with Crippen LogP contribution >= 0.6 is 0 Å². The van der Waals surface area contributed by atoms with E-state index in [9.17, 15) is 14.7 Å². The Morgan fingerprint density at radius 1 is 1.39 bits per heavy atom. The first kappa shape index (κ1) is 14.3. The molecule has 0 unspecified atom stereocenters. The third-order valence-corrected chi connectivity index (χ3v) is 2.71. The van der Waals surface area contributed by atoms with Gasteiger partial charge in [-0.15, -0.1) is 0 Å². The van der Waals surface area contributed by atoms with Crippen LogP contribution in [-0.4, -0.2) is 29.4 Å². The van der Waals surface area contributed by atoms with Crippen LogP contribution in [-0.2, 0) is 4.79 Å². The Bertz CT molecular complexity index is 448. The van der Waals surface area contributed by atoms with E-state index < -0.39 is 5.97 Å². The van der Waals surface area contributed by atoms with E-state index in [2.05, 4.69) is 0 Å². The van der Waals surface area contributed by atoms with Gasteiger partial charge in [0.05, 0.1) is 5.56 Å². The van der Waals surface area contributed by atoms with E-state index in [-0.39, 0.29) is 24.9 Å². The van der Waals surface area contributed by atoms with Crippen LogP contribution in [0.5, 0.6) is 0 Å². The van der Waals surface area contributed by atoms with Crippen molar-refractivity contribution in [3.8, 4) is 0 Å². The zero-order valence-electron chi connectivity index (χ0n) is 11.1. The Kier molecular flexibility index (Phi) is 4.53. The van der Waals surface area contributed by atoms with Crippen molar-refractivity contribution >= 4 is 11.9 Å². The minimum atomic E-state index is -1.16. The van der Waals surface area contributed by atoms with Gasteiger partial charge in [-0.1, -0.05) is 0 Å². The second-order valence-corrected chi connectivity index (χ2v) is 4.54. The molecule has 5 heteroatoms. The molecular weight excluding hydrogens is 234 g/mol. The van der Waals surface area contributed by atoms with Gasteiger partial charge < -0.3 is 19.2 Å². The molecule has 0 N–H and O–H groups in total. The second kappa shape index (κ2) is 5.71. The Labute approximate surface area is 106 Å².